The number of fused-ring (bicyclic) bond motifs is 1. The molecule has 0 radical (unpaired) electrons. The minimum Gasteiger partial charge on any atom is -0.492 e. The average molecular weight is 443 g/mol. The number of nitrogens with zero attached hydrogens (tertiary/aromatic N) is 4. The molecule has 4 rings (SSSR count). The minimum absolute atomic E-state index is 0.133. The van der Waals surface area contributed by atoms with Gasteiger partial charge in [0.15, 0.2) is 0 Å². The number of pyridine rings is 1. The molecule has 1 atom stereocenters. The maximum absolute atomic E-state index is 12.8. The van der Waals surface area contributed by atoms with Crippen LogP contribution in [0, 0.1) is 0 Å². The molecule has 2 heterocycles. The molecular weight excluding hydrogens is 412 g/mol. The lowest BCUT2D eigenvalue weighted by Gasteiger charge is -2.18. The molecule has 0 aliphatic carbocycles. The molecular formula is C27H30N4O2. The third kappa shape index (κ3) is 5.22. The first-order chi connectivity index (χ1) is 16.1. The van der Waals surface area contributed by atoms with Crippen molar-refractivity contribution in [1.29, 1.82) is 0 Å². The lowest BCUT2D eigenvalue weighted by molar-refractivity contribution is 0.0774. The van der Waals surface area contributed by atoms with Crippen molar-refractivity contribution in [2.75, 3.05) is 13.7 Å². The molecule has 0 aliphatic heterocycles. The average Bonchev–Trinajstić information content (AvgIpc) is 3.21. The van der Waals surface area contributed by atoms with Gasteiger partial charge in [-0.05, 0) is 54.3 Å². The zero-order valence-electron chi connectivity index (χ0n) is 19.4. The molecule has 2 aromatic heterocycles. The normalized spacial score (nSPS) is 12.0. The molecule has 2 aromatic carbocycles. The highest BCUT2D eigenvalue weighted by Gasteiger charge is 2.17. The minimum atomic E-state index is -0.133. The van der Waals surface area contributed by atoms with Gasteiger partial charge in [-0.25, -0.2) is 4.98 Å². The first-order valence-corrected chi connectivity index (χ1v) is 11.4. The topological polar surface area (TPSA) is 60.2 Å². The van der Waals surface area contributed by atoms with Crippen LogP contribution in [0.15, 0.2) is 72.9 Å². The Morgan fingerprint density at radius 3 is 2.55 bits per heavy atom. The van der Waals surface area contributed by atoms with Gasteiger partial charge in [-0.15, -0.1) is 0 Å². The molecule has 1 amide bonds. The van der Waals surface area contributed by atoms with Crippen molar-refractivity contribution in [3.05, 3.63) is 90.0 Å². The third-order valence-corrected chi connectivity index (χ3v) is 5.99. The van der Waals surface area contributed by atoms with Crippen molar-refractivity contribution in [3.8, 4) is 5.75 Å². The summed E-state index contributed by atoms with van der Waals surface area (Å²) >= 11 is 0. The summed E-state index contributed by atoms with van der Waals surface area (Å²) in [4.78, 5) is 23.4. The SMILES string of the molecule is CCC(C)c1ccc(OCCn2c(CN(C)C(=O)c3ccccn3)nc3ccccc32)cc1. The Balaban J connectivity index is 1.47. The number of carbonyl (C=O) groups is 1. The Morgan fingerprint density at radius 2 is 1.82 bits per heavy atom. The number of hydrogen-bond donors (Lipinski definition) is 0. The smallest absolute Gasteiger partial charge is 0.272 e. The fourth-order valence-corrected chi connectivity index (χ4v) is 3.85. The van der Waals surface area contributed by atoms with E-state index in [1.807, 2.05) is 42.5 Å². The molecule has 0 aliphatic rings. The second-order valence-electron chi connectivity index (χ2n) is 8.27. The number of para-hydroxylation sites is 2. The van der Waals surface area contributed by atoms with E-state index in [2.05, 4.69) is 35.5 Å². The van der Waals surface area contributed by atoms with Crippen LogP contribution >= 0.6 is 0 Å². The van der Waals surface area contributed by atoms with E-state index in [1.54, 1.807) is 30.3 Å². The van der Waals surface area contributed by atoms with E-state index in [9.17, 15) is 4.79 Å². The van der Waals surface area contributed by atoms with E-state index in [0.717, 1.165) is 29.0 Å². The summed E-state index contributed by atoms with van der Waals surface area (Å²) in [5, 5.41) is 0. The molecule has 0 bridgehead atoms. The van der Waals surface area contributed by atoms with Gasteiger partial charge in [0.25, 0.3) is 5.91 Å². The van der Waals surface area contributed by atoms with Crippen molar-refractivity contribution in [3.63, 3.8) is 0 Å². The molecule has 0 saturated carbocycles. The van der Waals surface area contributed by atoms with E-state index >= 15 is 0 Å². The number of hydrogen-bond acceptors (Lipinski definition) is 4. The highest BCUT2D eigenvalue weighted by molar-refractivity contribution is 5.92. The van der Waals surface area contributed by atoms with Crippen LogP contribution in [0.3, 0.4) is 0 Å². The summed E-state index contributed by atoms with van der Waals surface area (Å²) in [6, 6.07) is 21.7. The van der Waals surface area contributed by atoms with Crippen molar-refractivity contribution in [1.82, 2.24) is 19.4 Å². The van der Waals surface area contributed by atoms with E-state index in [-0.39, 0.29) is 5.91 Å². The Kier molecular flexibility index (Phi) is 7.03. The zero-order valence-corrected chi connectivity index (χ0v) is 19.4. The molecule has 170 valence electrons. The highest BCUT2D eigenvalue weighted by atomic mass is 16.5. The summed E-state index contributed by atoms with van der Waals surface area (Å²) in [7, 11) is 1.77. The number of ether oxygens (including phenoxy) is 1. The van der Waals surface area contributed by atoms with Crippen molar-refractivity contribution >= 4 is 16.9 Å². The summed E-state index contributed by atoms with van der Waals surface area (Å²) < 4.78 is 8.16. The summed E-state index contributed by atoms with van der Waals surface area (Å²) in [5.41, 5.74) is 3.69. The predicted octanol–water partition coefficient (Wildman–Crippen LogP) is 5.30. The molecule has 4 aromatic rings. The summed E-state index contributed by atoms with van der Waals surface area (Å²) in [5.74, 6) is 2.09. The predicted molar refractivity (Wildman–Crippen MR) is 130 cm³/mol. The van der Waals surface area contributed by atoms with Crippen molar-refractivity contribution in [2.45, 2.75) is 39.3 Å². The standard InChI is InChI=1S/C27H30N4O2/c1-4-20(2)21-12-14-22(15-13-21)33-18-17-31-25-11-6-5-9-23(25)29-26(31)19-30(3)27(32)24-10-7-8-16-28-24/h5-16,20H,4,17-19H2,1-3H3. The first kappa shape index (κ1) is 22.5. The maximum Gasteiger partial charge on any atom is 0.272 e. The second kappa shape index (κ2) is 10.3. The van der Waals surface area contributed by atoms with Crippen molar-refractivity contribution < 1.29 is 9.53 Å². The number of carbonyl (C=O) groups excluding carboxylic acids is 1. The highest BCUT2D eigenvalue weighted by Crippen LogP contribution is 2.22. The molecule has 0 saturated heterocycles. The largest absolute Gasteiger partial charge is 0.492 e. The molecule has 0 fully saturated rings. The summed E-state index contributed by atoms with van der Waals surface area (Å²) in [6.45, 7) is 5.96. The monoisotopic (exact) mass is 442 g/mol. The fourth-order valence-electron chi connectivity index (χ4n) is 3.85. The van der Waals surface area contributed by atoms with Gasteiger partial charge >= 0.3 is 0 Å². The van der Waals surface area contributed by atoms with E-state index in [1.165, 1.54) is 5.56 Å². The van der Waals surface area contributed by atoms with Crippen LogP contribution in [0.25, 0.3) is 11.0 Å². The molecule has 33 heavy (non-hydrogen) atoms. The van der Waals surface area contributed by atoms with Gasteiger partial charge in [-0.2, -0.15) is 0 Å². The first-order valence-electron chi connectivity index (χ1n) is 11.4. The maximum atomic E-state index is 12.8. The molecule has 6 heteroatoms. The van der Waals surface area contributed by atoms with Crippen LogP contribution in [0.2, 0.25) is 0 Å². The van der Waals surface area contributed by atoms with Gasteiger partial charge in [0.1, 0.15) is 23.9 Å². The van der Waals surface area contributed by atoms with E-state index in [4.69, 9.17) is 9.72 Å². The Hall–Kier alpha value is -3.67. The summed E-state index contributed by atoms with van der Waals surface area (Å²) in [6.07, 6.45) is 2.75. The number of benzene rings is 2. The molecule has 6 nitrogen and oxygen atoms in total. The second-order valence-corrected chi connectivity index (χ2v) is 8.27. The van der Waals surface area contributed by atoms with Gasteiger partial charge in [0.05, 0.1) is 24.1 Å². The van der Waals surface area contributed by atoms with Crippen LogP contribution < -0.4 is 4.74 Å². The number of amides is 1. The van der Waals surface area contributed by atoms with Gasteiger partial charge in [0.2, 0.25) is 0 Å². The van der Waals surface area contributed by atoms with Crippen LogP contribution in [-0.2, 0) is 13.1 Å². The van der Waals surface area contributed by atoms with Gasteiger partial charge < -0.3 is 14.2 Å². The Morgan fingerprint density at radius 1 is 1.06 bits per heavy atom. The van der Waals surface area contributed by atoms with Crippen LogP contribution in [0.4, 0.5) is 0 Å². The molecule has 0 spiro atoms. The van der Waals surface area contributed by atoms with Crippen LogP contribution in [0.1, 0.15) is 48.1 Å². The van der Waals surface area contributed by atoms with E-state index in [0.29, 0.717) is 31.3 Å². The van der Waals surface area contributed by atoms with E-state index < -0.39 is 0 Å². The molecule has 1 unspecified atom stereocenters. The lowest BCUT2D eigenvalue weighted by Crippen LogP contribution is -2.28. The zero-order chi connectivity index (χ0) is 23.2. The van der Waals surface area contributed by atoms with Gasteiger partial charge in [-0.3, -0.25) is 9.78 Å². The lowest BCUT2D eigenvalue weighted by atomic mass is 9.99. The Labute approximate surface area is 194 Å². The van der Waals surface area contributed by atoms with Gasteiger partial charge in [-0.1, -0.05) is 44.2 Å². The number of rotatable bonds is 9. The van der Waals surface area contributed by atoms with Gasteiger partial charge in [0, 0.05) is 13.2 Å². The van der Waals surface area contributed by atoms with Crippen LogP contribution in [-0.4, -0.2) is 39.0 Å². The van der Waals surface area contributed by atoms with Crippen molar-refractivity contribution in [2.24, 2.45) is 0 Å². The molecule has 0 N–H and O–H groups in total. The fraction of sp³-hybridized carbons (Fsp3) is 0.296. The number of imidazole rings is 1. The Bertz CT molecular complexity index is 1200. The third-order valence-electron chi connectivity index (χ3n) is 5.99. The number of aromatic nitrogens is 3. The van der Waals surface area contributed by atoms with Crippen LogP contribution in [0.5, 0.6) is 5.75 Å². The quantitative estimate of drug-likeness (QED) is 0.353.